The third-order valence-corrected chi connectivity index (χ3v) is 5.59. The van der Waals surface area contributed by atoms with Gasteiger partial charge in [-0.2, -0.15) is 4.31 Å². The van der Waals surface area contributed by atoms with Crippen molar-refractivity contribution in [2.45, 2.75) is 31.7 Å². The van der Waals surface area contributed by atoms with Gasteiger partial charge in [-0.1, -0.05) is 19.1 Å². The lowest BCUT2D eigenvalue weighted by atomic mass is 10.1. The van der Waals surface area contributed by atoms with Crippen molar-refractivity contribution in [2.75, 3.05) is 33.7 Å². The Hall–Kier alpha value is -0.950. The molecule has 0 aromatic heterocycles. The Morgan fingerprint density at radius 3 is 2.33 bits per heavy atom. The molecule has 1 aromatic rings. The number of benzene rings is 1. The van der Waals surface area contributed by atoms with Gasteiger partial charge in [0.2, 0.25) is 10.0 Å². The lowest BCUT2D eigenvalue weighted by Crippen LogP contribution is -2.33. The zero-order chi connectivity index (χ0) is 16.0. The highest BCUT2D eigenvalue weighted by atomic mass is 32.2. The van der Waals surface area contributed by atoms with Crippen LogP contribution in [0, 0.1) is 6.92 Å². The first kappa shape index (κ1) is 18.1. The molecule has 0 saturated carbocycles. The Morgan fingerprint density at radius 1 is 1.19 bits per heavy atom. The van der Waals surface area contributed by atoms with Crippen LogP contribution in [0.15, 0.2) is 23.1 Å². The van der Waals surface area contributed by atoms with Crippen molar-refractivity contribution in [2.24, 2.45) is 5.73 Å². The van der Waals surface area contributed by atoms with Crippen LogP contribution < -0.4 is 5.73 Å². The first-order chi connectivity index (χ1) is 9.82. The van der Waals surface area contributed by atoms with Crippen LogP contribution in [-0.2, 0) is 16.6 Å². The molecule has 1 rings (SSSR count). The molecule has 0 aliphatic carbocycles. The van der Waals surface area contributed by atoms with E-state index in [1.165, 1.54) is 0 Å². The van der Waals surface area contributed by atoms with E-state index >= 15 is 0 Å². The van der Waals surface area contributed by atoms with Crippen molar-refractivity contribution in [1.82, 2.24) is 9.21 Å². The maximum Gasteiger partial charge on any atom is 0.243 e. The highest BCUT2D eigenvalue weighted by molar-refractivity contribution is 7.89. The summed E-state index contributed by atoms with van der Waals surface area (Å²) in [6.45, 7) is 6.00. The molecule has 6 heteroatoms. The number of hydrogen-bond donors (Lipinski definition) is 1. The summed E-state index contributed by atoms with van der Waals surface area (Å²) in [6, 6.07) is 5.30. The average Bonchev–Trinajstić information content (AvgIpc) is 2.42. The first-order valence-corrected chi connectivity index (χ1v) is 8.71. The quantitative estimate of drug-likeness (QED) is 0.788. The second-order valence-electron chi connectivity index (χ2n) is 5.46. The Morgan fingerprint density at radius 2 is 1.86 bits per heavy atom. The van der Waals surface area contributed by atoms with E-state index in [0.717, 1.165) is 24.1 Å². The fraction of sp³-hybridized carbons (Fsp3) is 0.600. The van der Waals surface area contributed by atoms with E-state index in [-0.39, 0.29) is 0 Å². The van der Waals surface area contributed by atoms with Gasteiger partial charge >= 0.3 is 0 Å². The summed E-state index contributed by atoms with van der Waals surface area (Å²) >= 11 is 0. The van der Waals surface area contributed by atoms with E-state index in [1.807, 2.05) is 34.0 Å². The molecule has 2 N–H and O–H groups in total. The molecule has 1 aromatic carbocycles. The van der Waals surface area contributed by atoms with Crippen molar-refractivity contribution in [3.05, 3.63) is 29.3 Å². The number of rotatable bonds is 8. The van der Waals surface area contributed by atoms with Crippen molar-refractivity contribution >= 4 is 10.0 Å². The van der Waals surface area contributed by atoms with Crippen LogP contribution in [0.2, 0.25) is 0 Å². The van der Waals surface area contributed by atoms with Gasteiger partial charge in [0.05, 0.1) is 4.90 Å². The van der Waals surface area contributed by atoms with Gasteiger partial charge in [-0.05, 0) is 51.2 Å². The number of nitrogens with two attached hydrogens (primary N) is 1. The summed E-state index contributed by atoms with van der Waals surface area (Å²) in [5.74, 6) is 0. The van der Waals surface area contributed by atoms with Gasteiger partial charge in [0.1, 0.15) is 0 Å². The van der Waals surface area contributed by atoms with Crippen LogP contribution in [0.5, 0.6) is 0 Å². The van der Waals surface area contributed by atoms with Crippen LogP contribution in [-0.4, -0.2) is 51.4 Å². The van der Waals surface area contributed by atoms with E-state index in [4.69, 9.17) is 5.73 Å². The van der Waals surface area contributed by atoms with E-state index in [2.05, 4.69) is 4.90 Å². The summed E-state index contributed by atoms with van der Waals surface area (Å²) in [6.07, 6.45) is 0.819. The minimum absolute atomic E-state index is 0.381. The summed E-state index contributed by atoms with van der Waals surface area (Å²) in [7, 11) is 0.542. The second kappa shape index (κ2) is 7.89. The zero-order valence-corrected chi connectivity index (χ0v) is 14.3. The first-order valence-electron chi connectivity index (χ1n) is 7.27. The van der Waals surface area contributed by atoms with E-state index in [9.17, 15) is 8.42 Å². The van der Waals surface area contributed by atoms with E-state index in [0.29, 0.717) is 24.5 Å². The third kappa shape index (κ3) is 4.78. The summed E-state index contributed by atoms with van der Waals surface area (Å²) in [4.78, 5) is 2.44. The van der Waals surface area contributed by atoms with Gasteiger partial charge < -0.3 is 10.6 Å². The molecule has 0 atom stereocenters. The molecule has 0 fully saturated rings. The van der Waals surface area contributed by atoms with Gasteiger partial charge in [-0.3, -0.25) is 0 Å². The summed E-state index contributed by atoms with van der Waals surface area (Å²) in [5, 5.41) is 0. The Bertz CT molecular complexity index is 556. The SMILES string of the molecule is CCN(CCCN(C)C)S(=O)(=O)c1ccc(CN)cc1C. The maximum absolute atomic E-state index is 12.7. The van der Waals surface area contributed by atoms with E-state index in [1.54, 1.807) is 16.4 Å². The normalized spacial score (nSPS) is 12.3. The number of sulfonamides is 1. The monoisotopic (exact) mass is 313 g/mol. The Balaban J connectivity index is 2.96. The molecule has 0 bridgehead atoms. The molecule has 5 nitrogen and oxygen atoms in total. The minimum atomic E-state index is -3.43. The number of hydrogen-bond acceptors (Lipinski definition) is 4. The molecule has 0 aliphatic rings. The molecule has 0 heterocycles. The second-order valence-corrected chi connectivity index (χ2v) is 7.36. The van der Waals surface area contributed by atoms with Gasteiger partial charge in [0.25, 0.3) is 0 Å². The highest BCUT2D eigenvalue weighted by Gasteiger charge is 2.24. The standard InChI is InChI=1S/C15H27N3O2S/c1-5-18(10-6-9-17(3)4)21(19,20)15-8-7-14(12-16)11-13(15)2/h7-8,11H,5-6,9-10,12,16H2,1-4H3. The van der Waals surface area contributed by atoms with Crippen LogP contribution in [0.25, 0.3) is 0 Å². The molecular weight excluding hydrogens is 286 g/mol. The highest BCUT2D eigenvalue weighted by Crippen LogP contribution is 2.21. The molecule has 0 radical (unpaired) electrons. The molecule has 21 heavy (non-hydrogen) atoms. The zero-order valence-electron chi connectivity index (χ0n) is 13.5. The van der Waals surface area contributed by atoms with Crippen LogP contribution in [0.4, 0.5) is 0 Å². The summed E-state index contributed by atoms with van der Waals surface area (Å²) in [5.41, 5.74) is 7.29. The van der Waals surface area contributed by atoms with Crippen LogP contribution in [0.1, 0.15) is 24.5 Å². The van der Waals surface area contributed by atoms with Crippen molar-refractivity contribution in [3.8, 4) is 0 Å². The third-order valence-electron chi connectivity index (χ3n) is 3.46. The van der Waals surface area contributed by atoms with Gasteiger partial charge in [0, 0.05) is 19.6 Å². The fourth-order valence-corrected chi connectivity index (χ4v) is 3.97. The predicted octanol–water partition coefficient (Wildman–Crippen LogP) is 1.42. The maximum atomic E-state index is 12.7. The molecule has 0 saturated heterocycles. The number of nitrogens with zero attached hydrogens (tertiary/aromatic N) is 2. The topological polar surface area (TPSA) is 66.6 Å². The number of aryl methyl sites for hydroxylation is 1. The van der Waals surface area contributed by atoms with E-state index < -0.39 is 10.0 Å². The minimum Gasteiger partial charge on any atom is -0.326 e. The Labute approximate surface area is 128 Å². The lowest BCUT2D eigenvalue weighted by molar-refractivity contribution is 0.356. The van der Waals surface area contributed by atoms with Crippen molar-refractivity contribution < 1.29 is 8.42 Å². The summed E-state index contributed by atoms with van der Waals surface area (Å²) < 4.78 is 27.0. The molecule has 0 amide bonds. The lowest BCUT2D eigenvalue weighted by Gasteiger charge is -2.22. The van der Waals surface area contributed by atoms with Crippen molar-refractivity contribution in [3.63, 3.8) is 0 Å². The van der Waals surface area contributed by atoms with Gasteiger partial charge in [-0.25, -0.2) is 8.42 Å². The average molecular weight is 313 g/mol. The fourth-order valence-electron chi connectivity index (χ4n) is 2.28. The van der Waals surface area contributed by atoms with Crippen molar-refractivity contribution in [1.29, 1.82) is 0 Å². The molecule has 0 aliphatic heterocycles. The van der Waals surface area contributed by atoms with Crippen LogP contribution in [0.3, 0.4) is 0 Å². The van der Waals surface area contributed by atoms with Gasteiger partial charge in [0.15, 0.2) is 0 Å². The molecule has 120 valence electrons. The molecular formula is C15H27N3O2S. The van der Waals surface area contributed by atoms with Gasteiger partial charge in [-0.15, -0.1) is 0 Å². The molecule has 0 spiro atoms. The molecule has 0 unspecified atom stereocenters. The Kier molecular flexibility index (Phi) is 6.80. The van der Waals surface area contributed by atoms with Crippen LogP contribution >= 0.6 is 0 Å². The predicted molar refractivity (Wildman–Crippen MR) is 86.7 cm³/mol. The largest absolute Gasteiger partial charge is 0.326 e. The smallest absolute Gasteiger partial charge is 0.243 e.